The first-order valence-electron chi connectivity index (χ1n) is 6.15. The van der Waals surface area contributed by atoms with Crippen LogP contribution < -0.4 is 10.5 Å². The largest absolute Gasteiger partial charge is 0.496 e. The molecule has 0 fully saturated rings. The molecule has 0 bridgehead atoms. The van der Waals surface area contributed by atoms with Crippen molar-refractivity contribution in [2.45, 2.75) is 13.3 Å². The van der Waals surface area contributed by atoms with E-state index in [1.54, 1.807) is 7.11 Å². The number of hydrogen-bond donors (Lipinski definition) is 1. The molecule has 2 N–H and O–H groups in total. The molecule has 0 atom stereocenters. The summed E-state index contributed by atoms with van der Waals surface area (Å²) < 4.78 is 8.11. The normalized spacial score (nSPS) is 10.8. The number of nitrogens with two attached hydrogens (primary N) is 1. The summed E-state index contributed by atoms with van der Waals surface area (Å²) in [6.07, 6.45) is 0.816. The molecule has 4 nitrogen and oxygen atoms in total. The van der Waals surface area contributed by atoms with Gasteiger partial charge in [0.1, 0.15) is 5.75 Å². The minimum Gasteiger partial charge on any atom is -0.496 e. The molecular formula is C14H18BrN3O. The molecule has 102 valence electrons. The van der Waals surface area contributed by atoms with Gasteiger partial charge in [0, 0.05) is 24.7 Å². The SMILES string of the molecule is COc1ccc(-c2c(C)nn(C)c2CCN)cc1Br. The van der Waals surface area contributed by atoms with E-state index in [9.17, 15) is 0 Å². The van der Waals surface area contributed by atoms with Crippen LogP contribution in [0.2, 0.25) is 0 Å². The first-order chi connectivity index (χ1) is 9.08. The smallest absolute Gasteiger partial charge is 0.133 e. The van der Waals surface area contributed by atoms with E-state index in [-0.39, 0.29) is 0 Å². The lowest BCUT2D eigenvalue weighted by atomic mass is 10.0. The monoisotopic (exact) mass is 323 g/mol. The van der Waals surface area contributed by atoms with Gasteiger partial charge < -0.3 is 10.5 Å². The van der Waals surface area contributed by atoms with Crippen LogP contribution in [-0.2, 0) is 13.5 Å². The first-order valence-corrected chi connectivity index (χ1v) is 6.94. The Morgan fingerprint density at radius 1 is 1.42 bits per heavy atom. The van der Waals surface area contributed by atoms with Gasteiger partial charge in [-0.3, -0.25) is 4.68 Å². The molecule has 1 aromatic carbocycles. The predicted molar refractivity (Wildman–Crippen MR) is 80.4 cm³/mol. The fourth-order valence-electron chi connectivity index (χ4n) is 2.33. The second-order valence-corrected chi connectivity index (χ2v) is 5.27. The fourth-order valence-corrected chi connectivity index (χ4v) is 2.87. The van der Waals surface area contributed by atoms with E-state index in [0.29, 0.717) is 6.54 Å². The van der Waals surface area contributed by atoms with Crippen molar-refractivity contribution < 1.29 is 4.74 Å². The highest BCUT2D eigenvalue weighted by Crippen LogP contribution is 2.33. The highest BCUT2D eigenvalue weighted by atomic mass is 79.9. The summed E-state index contributed by atoms with van der Waals surface area (Å²) in [6.45, 7) is 2.64. The van der Waals surface area contributed by atoms with E-state index in [0.717, 1.165) is 39.2 Å². The Bertz CT molecular complexity index is 593. The van der Waals surface area contributed by atoms with Crippen molar-refractivity contribution >= 4 is 15.9 Å². The molecule has 19 heavy (non-hydrogen) atoms. The van der Waals surface area contributed by atoms with Gasteiger partial charge in [-0.25, -0.2) is 0 Å². The first kappa shape index (κ1) is 14.1. The molecule has 0 aliphatic rings. The Labute approximate surface area is 121 Å². The van der Waals surface area contributed by atoms with Crippen molar-refractivity contribution in [1.29, 1.82) is 0 Å². The van der Waals surface area contributed by atoms with Crippen LogP contribution in [0, 0.1) is 6.92 Å². The maximum absolute atomic E-state index is 5.69. The number of aryl methyl sites for hydroxylation is 2. The van der Waals surface area contributed by atoms with Crippen molar-refractivity contribution in [1.82, 2.24) is 9.78 Å². The number of aromatic nitrogens is 2. The van der Waals surface area contributed by atoms with Gasteiger partial charge >= 0.3 is 0 Å². The molecule has 1 aromatic heterocycles. The zero-order valence-corrected chi connectivity index (χ0v) is 13.0. The molecule has 1 heterocycles. The molecule has 0 spiro atoms. The number of halogens is 1. The molecule has 0 aliphatic heterocycles. The molecular weight excluding hydrogens is 306 g/mol. The summed E-state index contributed by atoms with van der Waals surface area (Å²) in [7, 11) is 3.62. The minimum absolute atomic E-state index is 0.614. The van der Waals surface area contributed by atoms with Gasteiger partial charge in [0.2, 0.25) is 0 Å². The van der Waals surface area contributed by atoms with E-state index in [2.05, 4.69) is 27.1 Å². The lowest BCUT2D eigenvalue weighted by Gasteiger charge is -2.08. The minimum atomic E-state index is 0.614. The van der Waals surface area contributed by atoms with Crippen molar-refractivity contribution in [3.63, 3.8) is 0 Å². The maximum Gasteiger partial charge on any atom is 0.133 e. The maximum atomic E-state index is 5.69. The van der Waals surface area contributed by atoms with Gasteiger partial charge in [-0.15, -0.1) is 0 Å². The third-order valence-corrected chi connectivity index (χ3v) is 3.78. The van der Waals surface area contributed by atoms with E-state index >= 15 is 0 Å². The molecule has 0 aliphatic carbocycles. The fraction of sp³-hybridized carbons (Fsp3) is 0.357. The number of methoxy groups -OCH3 is 1. The summed E-state index contributed by atoms with van der Waals surface area (Å²) in [5, 5.41) is 4.49. The molecule has 0 radical (unpaired) electrons. The van der Waals surface area contributed by atoms with E-state index in [4.69, 9.17) is 10.5 Å². The van der Waals surface area contributed by atoms with Gasteiger partial charge in [0.05, 0.1) is 17.3 Å². The molecule has 2 rings (SSSR count). The Balaban J connectivity index is 2.55. The average molecular weight is 324 g/mol. The summed E-state index contributed by atoms with van der Waals surface area (Å²) in [5.74, 6) is 0.825. The second kappa shape index (κ2) is 5.75. The molecule has 5 heteroatoms. The van der Waals surface area contributed by atoms with Crippen LogP contribution in [0.3, 0.4) is 0 Å². The highest BCUT2D eigenvalue weighted by molar-refractivity contribution is 9.10. The van der Waals surface area contributed by atoms with Crippen molar-refractivity contribution in [3.8, 4) is 16.9 Å². The van der Waals surface area contributed by atoms with Crippen molar-refractivity contribution in [3.05, 3.63) is 34.1 Å². The summed E-state index contributed by atoms with van der Waals surface area (Å²) in [4.78, 5) is 0. The zero-order valence-electron chi connectivity index (χ0n) is 11.4. The quantitative estimate of drug-likeness (QED) is 0.941. The van der Waals surface area contributed by atoms with Crippen LogP contribution in [0.1, 0.15) is 11.4 Å². The molecule has 0 saturated carbocycles. The van der Waals surface area contributed by atoms with Crippen LogP contribution in [0.25, 0.3) is 11.1 Å². The second-order valence-electron chi connectivity index (χ2n) is 4.42. The molecule has 0 amide bonds. The topological polar surface area (TPSA) is 53.1 Å². The number of ether oxygens (including phenoxy) is 1. The average Bonchev–Trinajstić information content (AvgIpc) is 2.65. The lowest BCUT2D eigenvalue weighted by Crippen LogP contribution is -2.08. The third-order valence-electron chi connectivity index (χ3n) is 3.16. The highest BCUT2D eigenvalue weighted by Gasteiger charge is 2.15. The number of benzene rings is 1. The van der Waals surface area contributed by atoms with Gasteiger partial charge in [-0.2, -0.15) is 5.10 Å². The number of nitrogens with zero attached hydrogens (tertiary/aromatic N) is 2. The zero-order chi connectivity index (χ0) is 14.0. The summed E-state index contributed by atoms with van der Waals surface area (Å²) in [5.41, 5.74) is 10.2. The molecule has 0 saturated heterocycles. The van der Waals surface area contributed by atoms with E-state index < -0.39 is 0 Å². The van der Waals surface area contributed by atoms with Gasteiger partial charge in [0.15, 0.2) is 0 Å². The summed E-state index contributed by atoms with van der Waals surface area (Å²) >= 11 is 3.52. The summed E-state index contributed by atoms with van der Waals surface area (Å²) in [6, 6.07) is 6.06. The Morgan fingerprint density at radius 2 is 2.16 bits per heavy atom. The van der Waals surface area contributed by atoms with Crippen LogP contribution in [-0.4, -0.2) is 23.4 Å². The Hall–Kier alpha value is -1.33. The van der Waals surface area contributed by atoms with Crippen LogP contribution in [0.15, 0.2) is 22.7 Å². The Morgan fingerprint density at radius 3 is 2.74 bits per heavy atom. The lowest BCUT2D eigenvalue weighted by molar-refractivity contribution is 0.412. The van der Waals surface area contributed by atoms with E-state index in [1.165, 1.54) is 0 Å². The number of rotatable bonds is 4. The number of hydrogen-bond acceptors (Lipinski definition) is 3. The molecule has 2 aromatic rings. The van der Waals surface area contributed by atoms with Gasteiger partial charge in [0.25, 0.3) is 0 Å². The third kappa shape index (κ3) is 2.67. The molecule has 0 unspecified atom stereocenters. The van der Waals surface area contributed by atoms with Crippen LogP contribution in [0.4, 0.5) is 0 Å². The van der Waals surface area contributed by atoms with Gasteiger partial charge in [-0.1, -0.05) is 6.07 Å². The predicted octanol–water partition coefficient (Wildman–Crippen LogP) is 2.67. The van der Waals surface area contributed by atoms with Crippen LogP contribution >= 0.6 is 15.9 Å². The van der Waals surface area contributed by atoms with Crippen molar-refractivity contribution in [2.24, 2.45) is 12.8 Å². The standard InChI is InChI=1S/C14H18BrN3O/c1-9-14(12(6-7-16)18(2)17-9)10-4-5-13(19-3)11(15)8-10/h4-5,8H,6-7,16H2,1-3H3. The van der Waals surface area contributed by atoms with Crippen LogP contribution in [0.5, 0.6) is 5.75 Å². The van der Waals surface area contributed by atoms with E-state index in [1.807, 2.05) is 30.8 Å². The van der Waals surface area contributed by atoms with Gasteiger partial charge in [-0.05, 0) is 47.1 Å². The van der Waals surface area contributed by atoms with Crippen molar-refractivity contribution in [2.75, 3.05) is 13.7 Å². The Kier molecular flexibility index (Phi) is 4.27.